The van der Waals surface area contributed by atoms with E-state index >= 15 is 0 Å². The number of nitrogens with zero attached hydrogens (tertiary/aromatic N) is 1. The van der Waals surface area contributed by atoms with Gasteiger partial charge >= 0.3 is 0 Å². The molecule has 0 N–H and O–H groups in total. The van der Waals surface area contributed by atoms with E-state index in [9.17, 15) is 17.6 Å². The van der Waals surface area contributed by atoms with Gasteiger partial charge in [-0.3, -0.25) is 4.79 Å². The first-order valence-electron chi connectivity index (χ1n) is 7.35. The molecule has 6 heteroatoms. The van der Waals surface area contributed by atoms with Crippen molar-refractivity contribution < 1.29 is 17.6 Å². The van der Waals surface area contributed by atoms with Gasteiger partial charge in [0.15, 0.2) is 15.6 Å². The van der Waals surface area contributed by atoms with E-state index in [1.807, 2.05) is 6.07 Å². The number of fused-ring (bicyclic) bond motifs is 2. The smallest absolute Gasteiger partial charge is 0.168 e. The highest BCUT2D eigenvalue weighted by molar-refractivity contribution is 7.93. The van der Waals surface area contributed by atoms with Gasteiger partial charge in [-0.05, 0) is 43.4 Å². The molecule has 0 aliphatic carbocycles. The van der Waals surface area contributed by atoms with E-state index in [0.29, 0.717) is 31.2 Å². The maximum atomic E-state index is 14.0. The van der Waals surface area contributed by atoms with E-state index in [4.69, 9.17) is 5.26 Å². The van der Waals surface area contributed by atoms with Crippen molar-refractivity contribution >= 4 is 15.6 Å². The number of halogens is 1. The molecule has 0 radical (unpaired) electrons. The van der Waals surface area contributed by atoms with Gasteiger partial charge in [0.1, 0.15) is 5.82 Å². The summed E-state index contributed by atoms with van der Waals surface area (Å²) in [5.41, 5.74) is 0.579. The molecule has 2 unspecified atom stereocenters. The lowest BCUT2D eigenvalue weighted by molar-refractivity contribution is 0.0901. The highest BCUT2D eigenvalue weighted by atomic mass is 32.2. The highest BCUT2D eigenvalue weighted by Crippen LogP contribution is 2.42. The summed E-state index contributed by atoms with van der Waals surface area (Å²) >= 11 is 0. The monoisotopic (exact) mass is 321 g/mol. The average molecular weight is 321 g/mol. The fourth-order valence-corrected chi connectivity index (χ4v) is 6.08. The number of hydrogen-bond donors (Lipinski definition) is 0. The van der Waals surface area contributed by atoms with Gasteiger partial charge in [0.2, 0.25) is 0 Å². The van der Waals surface area contributed by atoms with Crippen LogP contribution in [0.1, 0.15) is 41.6 Å². The van der Waals surface area contributed by atoms with E-state index in [-0.39, 0.29) is 17.8 Å². The Morgan fingerprint density at radius 2 is 1.91 bits per heavy atom. The Kier molecular flexibility index (Phi) is 3.77. The van der Waals surface area contributed by atoms with Crippen molar-refractivity contribution in [2.45, 2.75) is 42.6 Å². The fourth-order valence-electron chi connectivity index (χ4n) is 3.60. The molecule has 1 aromatic rings. The molecule has 4 nitrogen and oxygen atoms in total. The topological polar surface area (TPSA) is 75.0 Å². The molecule has 0 aromatic heterocycles. The summed E-state index contributed by atoms with van der Waals surface area (Å²) in [6.45, 7) is 0. The van der Waals surface area contributed by atoms with Crippen molar-refractivity contribution in [2.24, 2.45) is 5.92 Å². The molecule has 1 aromatic carbocycles. The maximum absolute atomic E-state index is 14.0. The average Bonchev–Trinajstić information content (AvgIpc) is 2.68. The van der Waals surface area contributed by atoms with E-state index in [1.165, 1.54) is 18.2 Å². The second-order valence-electron chi connectivity index (χ2n) is 6.09. The number of hydrogen-bond acceptors (Lipinski definition) is 4. The summed E-state index contributed by atoms with van der Waals surface area (Å²) < 4.78 is 38.1. The number of benzene rings is 1. The standard InChI is InChI=1S/C16H16FNO3S/c17-15-4-1-10(5-6-18)7-14(15)16(19)11-8-12-2-3-13(9-11)22(12,20)21/h1,4,7,11-13H,2-3,5,8-9H2. The molecule has 2 atom stereocenters. The SMILES string of the molecule is N#CCc1ccc(F)c(C(=O)C2CC3CCC(C2)S3(=O)=O)c1. The Balaban J connectivity index is 1.87. The predicted octanol–water partition coefficient (Wildman–Crippen LogP) is 2.43. The van der Waals surface area contributed by atoms with Gasteiger partial charge < -0.3 is 0 Å². The van der Waals surface area contributed by atoms with Gasteiger partial charge in [-0.15, -0.1) is 0 Å². The van der Waals surface area contributed by atoms with Crippen LogP contribution in [0.15, 0.2) is 18.2 Å². The van der Waals surface area contributed by atoms with Crippen LogP contribution in [0.25, 0.3) is 0 Å². The Morgan fingerprint density at radius 3 is 2.50 bits per heavy atom. The Bertz CT molecular complexity index is 746. The third kappa shape index (κ3) is 2.44. The molecule has 2 bridgehead atoms. The predicted molar refractivity (Wildman–Crippen MR) is 78.5 cm³/mol. The number of Topliss-reactive ketones (excluding diaryl/α,β-unsaturated/α-hetero) is 1. The summed E-state index contributed by atoms with van der Waals surface area (Å²) in [6.07, 6.45) is 1.91. The van der Waals surface area contributed by atoms with Gasteiger partial charge in [-0.25, -0.2) is 12.8 Å². The second-order valence-corrected chi connectivity index (χ2v) is 8.60. The molecule has 2 aliphatic rings. The first-order valence-corrected chi connectivity index (χ1v) is 8.96. The van der Waals surface area contributed by atoms with Crippen LogP contribution in [0.2, 0.25) is 0 Å². The van der Waals surface area contributed by atoms with E-state index in [1.54, 1.807) is 0 Å². The number of rotatable bonds is 3. The third-order valence-electron chi connectivity index (χ3n) is 4.78. The molecule has 116 valence electrons. The quantitative estimate of drug-likeness (QED) is 0.801. The molecule has 22 heavy (non-hydrogen) atoms. The van der Waals surface area contributed by atoms with Crippen molar-refractivity contribution in [1.82, 2.24) is 0 Å². The minimum Gasteiger partial charge on any atom is -0.294 e. The number of carbonyl (C=O) groups is 1. The minimum absolute atomic E-state index is 0.0172. The van der Waals surface area contributed by atoms with Crippen molar-refractivity contribution in [3.63, 3.8) is 0 Å². The van der Waals surface area contributed by atoms with Crippen LogP contribution in [-0.2, 0) is 16.3 Å². The molecule has 3 rings (SSSR count). The molecule has 0 amide bonds. The first kappa shape index (κ1) is 15.2. The van der Waals surface area contributed by atoms with Crippen molar-refractivity contribution in [3.8, 4) is 6.07 Å². The molecule has 2 aliphatic heterocycles. The highest BCUT2D eigenvalue weighted by Gasteiger charge is 2.48. The van der Waals surface area contributed by atoms with Crippen LogP contribution in [0.4, 0.5) is 4.39 Å². The maximum Gasteiger partial charge on any atom is 0.168 e. The number of sulfone groups is 1. The van der Waals surface area contributed by atoms with Crippen molar-refractivity contribution in [3.05, 3.63) is 35.1 Å². The number of nitriles is 1. The van der Waals surface area contributed by atoms with Crippen LogP contribution in [-0.4, -0.2) is 24.7 Å². The number of ketones is 1. The molecular weight excluding hydrogens is 305 g/mol. The lowest BCUT2D eigenvalue weighted by Gasteiger charge is -2.27. The van der Waals surface area contributed by atoms with Gasteiger partial charge in [-0.1, -0.05) is 6.07 Å². The summed E-state index contributed by atoms with van der Waals surface area (Å²) in [5.74, 6) is -1.37. The van der Waals surface area contributed by atoms with Crippen LogP contribution in [0, 0.1) is 23.1 Å². The molecule has 2 saturated heterocycles. The zero-order valence-corrected chi connectivity index (χ0v) is 12.8. The summed E-state index contributed by atoms with van der Waals surface area (Å²) in [7, 11) is -3.09. The Hall–Kier alpha value is -1.74. The van der Waals surface area contributed by atoms with Crippen molar-refractivity contribution in [1.29, 1.82) is 5.26 Å². The third-order valence-corrected chi connectivity index (χ3v) is 7.50. The molecule has 2 fully saturated rings. The molecule has 0 spiro atoms. The normalized spacial score (nSPS) is 29.0. The van der Waals surface area contributed by atoms with Gasteiger partial charge in [0.25, 0.3) is 0 Å². The van der Waals surface area contributed by atoms with Crippen LogP contribution in [0.3, 0.4) is 0 Å². The lowest BCUT2D eigenvalue weighted by atomic mass is 9.89. The second kappa shape index (κ2) is 5.47. The Morgan fingerprint density at radius 1 is 1.27 bits per heavy atom. The van der Waals surface area contributed by atoms with E-state index in [0.717, 1.165) is 0 Å². The molecule has 2 heterocycles. The van der Waals surface area contributed by atoms with Crippen LogP contribution < -0.4 is 0 Å². The van der Waals surface area contributed by atoms with Gasteiger partial charge in [-0.2, -0.15) is 5.26 Å². The van der Waals surface area contributed by atoms with Crippen LogP contribution >= 0.6 is 0 Å². The first-order chi connectivity index (χ1) is 10.4. The Labute approximate surface area is 128 Å². The lowest BCUT2D eigenvalue weighted by Crippen LogP contribution is -2.36. The summed E-state index contributed by atoms with van der Waals surface area (Å²) in [4.78, 5) is 12.6. The summed E-state index contributed by atoms with van der Waals surface area (Å²) in [6, 6.07) is 6.09. The van der Waals surface area contributed by atoms with Gasteiger partial charge in [0, 0.05) is 5.92 Å². The largest absolute Gasteiger partial charge is 0.294 e. The van der Waals surface area contributed by atoms with E-state index < -0.39 is 32.1 Å². The zero-order chi connectivity index (χ0) is 15.9. The number of carbonyl (C=O) groups excluding carboxylic acids is 1. The van der Waals surface area contributed by atoms with E-state index in [2.05, 4.69) is 0 Å². The fraction of sp³-hybridized carbons (Fsp3) is 0.500. The molecule has 0 saturated carbocycles. The summed E-state index contributed by atoms with van der Waals surface area (Å²) in [5, 5.41) is 7.80. The van der Waals surface area contributed by atoms with Crippen molar-refractivity contribution in [2.75, 3.05) is 0 Å². The van der Waals surface area contributed by atoms with Crippen LogP contribution in [0.5, 0.6) is 0 Å². The van der Waals surface area contributed by atoms with Gasteiger partial charge in [0.05, 0.1) is 28.6 Å². The zero-order valence-electron chi connectivity index (χ0n) is 12.0. The minimum atomic E-state index is -3.09. The molecular formula is C16H16FNO3S.